The Hall–Kier alpha value is -0.120. The number of nitrogens with zero attached hydrogens (tertiary/aromatic N) is 1. The van der Waals surface area contributed by atoms with Crippen molar-refractivity contribution in [2.24, 2.45) is 0 Å². The molecule has 0 aromatic carbocycles. The number of piperidine rings is 1. The number of rotatable bonds is 6. The molecule has 16 heavy (non-hydrogen) atoms. The monoisotopic (exact) mass is 226 g/mol. The predicted octanol–water partition coefficient (Wildman–Crippen LogP) is 1.63. The maximum atomic E-state index is 5.11. The Kier molecular flexibility index (Phi) is 4.62. The van der Waals surface area contributed by atoms with Crippen LogP contribution >= 0.6 is 0 Å². The Morgan fingerprint density at radius 1 is 1.19 bits per heavy atom. The lowest BCUT2D eigenvalue weighted by atomic mass is 9.97. The summed E-state index contributed by atoms with van der Waals surface area (Å²) in [4.78, 5) is 2.77. The van der Waals surface area contributed by atoms with Crippen LogP contribution in [-0.2, 0) is 4.74 Å². The Morgan fingerprint density at radius 3 is 2.44 bits per heavy atom. The average Bonchev–Trinajstić information content (AvgIpc) is 2.55. The number of hydrogen-bond donors (Lipinski definition) is 1. The zero-order chi connectivity index (χ0) is 11.4. The zero-order valence-corrected chi connectivity index (χ0v) is 10.7. The van der Waals surface area contributed by atoms with E-state index in [9.17, 15) is 0 Å². The van der Waals surface area contributed by atoms with Crippen molar-refractivity contribution < 1.29 is 4.74 Å². The van der Waals surface area contributed by atoms with Gasteiger partial charge in [-0.1, -0.05) is 0 Å². The summed E-state index contributed by atoms with van der Waals surface area (Å²) in [5.41, 5.74) is 0. The third-order valence-electron chi connectivity index (χ3n) is 4.31. The number of ether oxygens (including phenoxy) is 1. The molecule has 2 rings (SSSR count). The molecule has 3 nitrogen and oxygen atoms in total. The number of methoxy groups -OCH3 is 1. The highest BCUT2D eigenvalue weighted by Gasteiger charge is 2.39. The van der Waals surface area contributed by atoms with Crippen molar-refractivity contribution in [3.8, 4) is 0 Å². The van der Waals surface area contributed by atoms with Crippen LogP contribution in [0.5, 0.6) is 0 Å². The van der Waals surface area contributed by atoms with Gasteiger partial charge in [0, 0.05) is 31.8 Å². The Balaban J connectivity index is 1.75. The van der Waals surface area contributed by atoms with Crippen LogP contribution in [0.4, 0.5) is 0 Å². The van der Waals surface area contributed by atoms with E-state index in [2.05, 4.69) is 17.3 Å². The fraction of sp³-hybridized carbons (Fsp3) is 1.00. The summed E-state index contributed by atoms with van der Waals surface area (Å²) in [5.74, 6) is 0. The molecule has 2 heterocycles. The Labute approximate surface area is 99.5 Å². The highest BCUT2D eigenvalue weighted by Crippen LogP contribution is 2.35. The second kappa shape index (κ2) is 5.99. The third-order valence-corrected chi connectivity index (χ3v) is 4.31. The second-order valence-corrected chi connectivity index (χ2v) is 5.28. The average molecular weight is 226 g/mol. The molecule has 1 N–H and O–H groups in total. The molecule has 0 radical (unpaired) electrons. The molecule has 2 fully saturated rings. The number of unbranched alkanes of at least 4 members (excludes halogenated alkanes) is 1. The summed E-state index contributed by atoms with van der Waals surface area (Å²) in [5, 5.41) is 3.46. The predicted molar refractivity (Wildman–Crippen MR) is 66.7 cm³/mol. The molecule has 2 aliphatic rings. The normalized spacial score (nSPS) is 34.5. The van der Waals surface area contributed by atoms with Crippen LogP contribution < -0.4 is 5.32 Å². The van der Waals surface area contributed by atoms with Gasteiger partial charge in [-0.25, -0.2) is 0 Å². The van der Waals surface area contributed by atoms with E-state index in [1.165, 1.54) is 45.1 Å². The molecule has 3 heteroatoms. The molecule has 2 aliphatic heterocycles. The minimum atomic E-state index is 0.771. The van der Waals surface area contributed by atoms with Crippen LogP contribution in [0.15, 0.2) is 0 Å². The van der Waals surface area contributed by atoms with E-state index < -0.39 is 0 Å². The molecule has 2 atom stereocenters. The fourth-order valence-electron chi connectivity index (χ4n) is 3.42. The number of fused-ring (bicyclic) bond motifs is 2. The van der Waals surface area contributed by atoms with Crippen LogP contribution in [0.3, 0.4) is 0 Å². The molecular weight excluding hydrogens is 200 g/mol. The fourth-order valence-corrected chi connectivity index (χ4v) is 3.42. The van der Waals surface area contributed by atoms with Crippen LogP contribution in [0.2, 0.25) is 0 Å². The molecule has 2 unspecified atom stereocenters. The van der Waals surface area contributed by atoms with E-state index >= 15 is 0 Å². The summed E-state index contributed by atoms with van der Waals surface area (Å²) < 4.78 is 5.11. The maximum absolute atomic E-state index is 5.11. The Morgan fingerprint density at radius 2 is 1.88 bits per heavy atom. The molecule has 94 valence electrons. The summed E-state index contributed by atoms with van der Waals surface area (Å²) >= 11 is 0. The van der Waals surface area contributed by atoms with E-state index in [1.54, 1.807) is 7.11 Å². The molecule has 0 spiro atoms. The summed E-state index contributed by atoms with van der Waals surface area (Å²) in [7, 11) is 3.90. The quantitative estimate of drug-likeness (QED) is 0.697. The lowest BCUT2D eigenvalue weighted by molar-refractivity contribution is 0.111. The smallest absolute Gasteiger partial charge is 0.0462 e. The highest BCUT2D eigenvalue weighted by atomic mass is 16.5. The highest BCUT2D eigenvalue weighted by molar-refractivity contribution is 4.96. The van der Waals surface area contributed by atoms with Crippen molar-refractivity contribution >= 4 is 0 Å². The van der Waals surface area contributed by atoms with E-state index in [0.717, 1.165) is 24.7 Å². The van der Waals surface area contributed by atoms with Crippen molar-refractivity contribution in [3.63, 3.8) is 0 Å². The minimum absolute atomic E-state index is 0.771. The topological polar surface area (TPSA) is 24.5 Å². The molecule has 0 aliphatic carbocycles. The summed E-state index contributed by atoms with van der Waals surface area (Å²) in [6.45, 7) is 2.21. The van der Waals surface area contributed by atoms with Gasteiger partial charge in [0.25, 0.3) is 0 Å². The van der Waals surface area contributed by atoms with Gasteiger partial charge in [-0.3, -0.25) is 4.90 Å². The van der Waals surface area contributed by atoms with Crippen molar-refractivity contribution in [1.82, 2.24) is 10.2 Å². The van der Waals surface area contributed by atoms with Gasteiger partial charge in [-0.05, 0) is 52.1 Å². The van der Waals surface area contributed by atoms with E-state index in [1.807, 2.05) is 0 Å². The zero-order valence-electron chi connectivity index (χ0n) is 10.7. The minimum Gasteiger partial charge on any atom is -0.385 e. The van der Waals surface area contributed by atoms with Crippen LogP contribution in [0.25, 0.3) is 0 Å². The van der Waals surface area contributed by atoms with Crippen molar-refractivity contribution in [1.29, 1.82) is 0 Å². The first-order valence-corrected chi connectivity index (χ1v) is 6.77. The first-order valence-electron chi connectivity index (χ1n) is 6.77. The maximum Gasteiger partial charge on any atom is 0.0462 e. The molecular formula is C13H26N2O. The van der Waals surface area contributed by atoms with E-state index in [-0.39, 0.29) is 0 Å². The summed E-state index contributed by atoms with van der Waals surface area (Å²) in [6, 6.07) is 2.49. The Bertz CT molecular complexity index is 196. The second-order valence-electron chi connectivity index (χ2n) is 5.28. The first kappa shape index (κ1) is 12.3. The molecule has 0 amide bonds. The van der Waals surface area contributed by atoms with Gasteiger partial charge in [0.15, 0.2) is 0 Å². The van der Waals surface area contributed by atoms with Crippen molar-refractivity contribution in [2.45, 2.75) is 56.7 Å². The number of nitrogens with one attached hydrogen (secondary N) is 1. The standard InChI is InChI=1S/C13H26N2O/c1-14-11-9-12-5-6-13(10-11)15(12)7-3-4-8-16-2/h11-14H,3-10H2,1-2H3. The van der Waals surface area contributed by atoms with Gasteiger partial charge < -0.3 is 10.1 Å². The van der Waals surface area contributed by atoms with Crippen molar-refractivity contribution in [3.05, 3.63) is 0 Å². The van der Waals surface area contributed by atoms with Crippen molar-refractivity contribution in [2.75, 3.05) is 27.3 Å². The molecule has 0 aromatic heterocycles. The SMILES string of the molecule is CNC1CC2CCC(C1)N2CCCCOC. The number of hydrogen-bond acceptors (Lipinski definition) is 3. The van der Waals surface area contributed by atoms with Gasteiger partial charge in [-0.2, -0.15) is 0 Å². The molecule has 0 saturated carbocycles. The van der Waals surface area contributed by atoms with Gasteiger partial charge in [0.1, 0.15) is 0 Å². The van der Waals surface area contributed by atoms with E-state index in [4.69, 9.17) is 4.74 Å². The van der Waals surface area contributed by atoms with Gasteiger partial charge >= 0.3 is 0 Å². The van der Waals surface area contributed by atoms with Crippen LogP contribution in [0.1, 0.15) is 38.5 Å². The largest absolute Gasteiger partial charge is 0.385 e. The van der Waals surface area contributed by atoms with Gasteiger partial charge in [0.05, 0.1) is 0 Å². The molecule has 2 saturated heterocycles. The van der Waals surface area contributed by atoms with Gasteiger partial charge in [0.2, 0.25) is 0 Å². The lowest BCUT2D eigenvalue weighted by Crippen LogP contribution is -2.48. The van der Waals surface area contributed by atoms with Crippen LogP contribution in [-0.4, -0.2) is 50.3 Å². The van der Waals surface area contributed by atoms with E-state index in [0.29, 0.717) is 0 Å². The lowest BCUT2D eigenvalue weighted by Gasteiger charge is -2.39. The van der Waals surface area contributed by atoms with Crippen LogP contribution in [0, 0.1) is 0 Å². The first-order chi connectivity index (χ1) is 7.85. The molecule has 2 bridgehead atoms. The third kappa shape index (κ3) is 2.76. The molecule has 0 aromatic rings. The van der Waals surface area contributed by atoms with Gasteiger partial charge in [-0.15, -0.1) is 0 Å². The summed E-state index contributed by atoms with van der Waals surface area (Å²) in [6.07, 6.45) is 8.07.